The highest BCUT2D eigenvalue weighted by Crippen LogP contribution is 2.29. The fourth-order valence-corrected chi connectivity index (χ4v) is 3.33. The van der Waals surface area contributed by atoms with Gasteiger partial charge in [0, 0.05) is 24.2 Å². The summed E-state index contributed by atoms with van der Waals surface area (Å²) >= 11 is 7.27. The van der Waals surface area contributed by atoms with Crippen molar-refractivity contribution in [1.29, 1.82) is 0 Å². The van der Waals surface area contributed by atoms with E-state index in [1.807, 2.05) is 17.9 Å². The number of hydrogen-bond donors (Lipinski definition) is 0. The van der Waals surface area contributed by atoms with Crippen molar-refractivity contribution in [2.24, 2.45) is 0 Å². The van der Waals surface area contributed by atoms with Crippen LogP contribution >= 0.6 is 23.4 Å². The highest BCUT2D eigenvalue weighted by Gasteiger charge is 2.25. The number of carbonyl (C=O) groups is 1. The second kappa shape index (κ2) is 5.66. The van der Waals surface area contributed by atoms with Gasteiger partial charge in [-0.15, -0.1) is 0 Å². The van der Waals surface area contributed by atoms with Gasteiger partial charge in [0.05, 0.1) is 5.25 Å². The molecule has 1 fully saturated rings. The molecule has 2 heterocycles. The third-order valence-corrected chi connectivity index (χ3v) is 4.54. The number of fused-ring (bicyclic) bond motifs is 1. The van der Waals surface area contributed by atoms with E-state index >= 15 is 0 Å². The first kappa shape index (κ1) is 13.8. The van der Waals surface area contributed by atoms with E-state index in [2.05, 4.69) is 4.98 Å². The molecule has 20 heavy (non-hydrogen) atoms. The van der Waals surface area contributed by atoms with Gasteiger partial charge < -0.3 is 9.32 Å². The molecule has 1 amide bonds. The van der Waals surface area contributed by atoms with Gasteiger partial charge >= 0.3 is 0 Å². The number of likely N-dealkylation sites (tertiary alicyclic amines) is 1. The van der Waals surface area contributed by atoms with Crippen molar-refractivity contribution in [3.8, 4) is 0 Å². The monoisotopic (exact) mass is 310 g/mol. The number of aromatic nitrogens is 1. The molecule has 0 spiro atoms. The molecule has 1 aliphatic rings. The van der Waals surface area contributed by atoms with Crippen molar-refractivity contribution >= 4 is 40.4 Å². The van der Waals surface area contributed by atoms with Gasteiger partial charge in [-0.2, -0.15) is 0 Å². The van der Waals surface area contributed by atoms with Gasteiger partial charge in [-0.25, -0.2) is 4.98 Å². The van der Waals surface area contributed by atoms with Crippen LogP contribution in [0.15, 0.2) is 27.8 Å². The van der Waals surface area contributed by atoms with E-state index in [0.29, 0.717) is 15.8 Å². The van der Waals surface area contributed by atoms with E-state index < -0.39 is 0 Å². The summed E-state index contributed by atoms with van der Waals surface area (Å²) in [6.07, 6.45) is 2.20. The van der Waals surface area contributed by atoms with Gasteiger partial charge in [0.1, 0.15) is 5.52 Å². The third kappa shape index (κ3) is 2.79. The van der Waals surface area contributed by atoms with Crippen molar-refractivity contribution < 1.29 is 9.21 Å². The lowest BCUT2D eigenvalue weighted by molar-refractivity contribution is -0.129. The summed E-state index contributed by atoms with van der Waals surface area (Å²) in [5, 5.41) is 0.949. The number of carbonyl (C=O) groups excluding carboxylic acids is 1. The lowest BCUT2D eigenvalue weighted by Crippen LogP contribution is -2.34. The van der Waals surface area contributed by atoms with Crippen LogP contribution in [-0.2, 0) is 4.79 Å². The second-order valence-corrected chi connectivity index (χ2v) is 6.61. The summed E-state index contributed by atoms with van der Waals surface area (Å²) in [4.78, 5) is 18.5. The maximum Gasteiger partial charge on any atom is 0.257 e. The summed E-state index contributed by atoms with van der Waals surface area (Å²) in [5.74, 6) is 0.160. The molecule has 3 rings (SSSR count). The van der Waals surface area contributed by atoms with Crippen LogP contribution in [0.1, 0.15) is 19.8 Å². The first-order chi connectivity index (χ1) is 9.63. The van der Waals surface area contributed by atoms with Crippen molar-refractivity contribution in [2.45, 2.75) is 30.2 Å². The number of benzene rings is 1. The summed E-state index contributed by atoms with van der Waals surface area (Å²) in [7, 11) is 0. The molecule has 0 aliphatic carbocycles. The molecule has 0 bridgehead atoms. The van der Waals surface area contributed by atoms with Crippen molar-refractivity contribution in [3.63, 3.8) is 0 Å². The molecule has 6 heteroatoms. The molecule has 4 nitrogen and oxygen atoms in total. The van der Waals surface area contributed by atoms with Gasteiger partial charge in [-0.05, 0) is 31.9 Å². The molecular weight excluding hydrogens is 296 g/mol. The minimum Gasteiger partial charge on any atom is -0.431 e. The Labute approximate surface area is 126 Å². The zero-order valence-corrected chi connectivity index (χ0v) is 12.7. The van der Waals surface area contributed by atoms with Crippen LogP contribution < -0.4 is 0 Å². The first-order valence-corrected chi connectivity index (χ1v) is 7.91. The fraction of sp³-hybridized carbons (Fsp3) is 0.429. The van der Waals surface area contributed by atoms with Crippen LogP contribution in [0.5, 0.6) is 0 Å². The molecule has 0 unspecified atom stereocenters. The van der Waals surface area contributed by atoms with Crippen molar-refractivity contribution in [3.05, 3.63) is 23.2 Å². The van der Waals surface area contributed by atoms with E-state index in [4.69, 9.17) is 16.0 Å². The van der Waals surface area contributed by atoms with Crippen LogP contribution in [0.4, 0.5) is 0 Å². The van der Waals surface area contributed by atoms with E-state index in [9.17, 15) is 4.79 Å². The maximum absolute atomic E-state index is 12.2. The average molecular weight is 311 g/mol. The lowest BCUT2D eigenvalue weighted by Gasteiger charge is -2.18. The summed E-state index contributed by atoms with van der Waals surface area (Å²) in [6.45, 7) is 3.63. The number of thioether (sulfide) groups is 1. The fourth-order valence-electron chi connectivity index (χ4n) is 2.32. The minimum atomic E-state index is -0.184. The molecule has 1 aromatic carbocycles. The Morgan fingerprint density at radius 2 is 2.20 bits per heavy atom. The van der Waals surface area contributed by atoms with Crippen LogP contribution in [0.3, 0.4) is 0 Å². The van der Waals surface area contributed by atoms with Crippen LogP contribution in [0.25, 0.3) is 11.1 Å². The van der Waals surface area contributed by atoms with Gasteiger partial charge in [0.2, 0.25) is 5.91 Å². The third-order valence-electron chi connectivity index (χ3n) is 3.37. The quantitative estimate of drug-likeness (QED) is 0.813. The van der Waals surface area contributed by atoms with Crippen molar-refractivity contribution in [1.82, 2.24) is 9.88 Å². The first-order valence-electron chi connectivity index (χ1n) is 6.65. The summed E-state index contributed by atoms with van der Waals surface area (Å²) in [5.41, 5.74) is 1.42. The molecular formula is C14H15ClN2O2S. The predicted molar refractivity (Wildman–Crippen MR) is 80.2 cm³/mol. The Kier molecular flexibility index (Phi) is 3.89. The summed E-state index contributed by atoms with van der Waals surface area (Å²) in [6, 6.07) is 5.33. The summed E-state index contributed by atoms with van der Waals surface area (Å²) < 4.78 is 5.63. The van der Waals surface area contributed by atoms with Crippen LogP contribution in [0, 0.1) is 0 Å². The van der Waals surface area contributed by atoms with Crippen molar-refractivity contribution in [2.75, 3.05) is 13.1 Å². The number of rotatable bonds is 3. The van der Waals surface area contributed by atoms with Gasteiger partial charge in [0.25, 0.3) is 5.22 Å². The Morgan fingerprint density at radius 3 is 2.95 bits per heavy atom. The van der Waals surface area contributed by atoms with Crippen LogP contribution in [-0.4, -0.2) is 34.1 Å². The van der Waals surface area contributed by atoms with E-state index in [1.54, 1.807) is 12.1 Å². The number of halogens is 1. The Balaban J connectivity index is 1.73. The van der Waals surface area contributed by atoms with E-state index in [-0.39, 0.29) is 11.2 Å². The predicted octanol–water partition coefficient (Wildman–Crippen LogP) is 3.58. The molecule has 1 atom stereocenters. The minimum absolute atomic E-state index is 0.160. The maximum atomic E-state index is 12.2. The van der Waals surface area contributed by atoms with E-state index in [1.165, 1.54) is 11.8 Å². The average Bonchev–Trinajstić information content (AvgIpc) is 3.05. The molecule has 0 N–H and O–H groups in total. The number of amides is 1. The normalized spacial score (nSPS) is 16.8. The molecule has 106 valence electrons. The Morgan fingerprint density at radius 1 is 1.45 bits per heavy atom. The Hall–Kier alpha value is -1.20. The van der Waals surface area contributed by atoms with E-state index in [0.717, 1.165) is 31.4 Å². The smallest absolute Gasteiger partial charge is 0.257 e. The molecule has 1 aliphatic heterocycles. The Bertz CT molecular complexity index is 637. The van der Waals surface area contributed by atoms with Gasteiger partial charge in [-0.3, -0.25) is 4.79 Å². The van der Waals surface area contributed by atoms with Gasteiger partial charge in [-0.1, -0.05) is 23.4 Å². The number of nitrogens with zero attached hydrogens (tertiary/aromatic N) is 2. The number of hydrogen-bond acceptors (Lipinski definition) is 4. The topological polar surface area (TPSA) is 46.3 Å². The van der Waals surface area contributed by atoms with Crippen LogP contribution in [0.2, 0.25) is 5.02 Å². The van der Waals surface area contributed by atoms with Gasteiger partial charge in [0.15, 0.2) is 5.58 Å². The highest BCUT2D eigenvalue weighted by molar-refractivity contribution is 8.00. The zero-order valence-electron chi connectivity index (χ0n) is 11.1. The number of oxazole rings is 1. The largest absolute Gasteiger partial charge is 0.431 e. The zero-order chi connectivity index (χ0) is 14.1. The highest BCUT2D eigenvalue weighted by atomic mass is 35.5. The molecule has 2 aromatic rings. The molecule has 1 saturated heterocycles. The lowest BCUT2D eigenvalue weighted by atomic mass is 10.3. The SMILES string of the molecule is C[C@@H](Sc1nc2ccc(Cl)cc2o1)C(=O)N1CCCC1. The standard InChI is InChI=1S/C14H15ClN2O2S/c1-9(13(18)17-6-2-3-7-17)20-14-16-11-5-4-10(15)8-12(11)19-14/h4-5,8-9H,2-3,6-7H2,1H3/t9-/m1/s1. The molecule has 1 aromatic heterocycles. The second-order valence-electron chi connectivity index (χ2n) is 4.88. The molecule has 0 saturated carbocycles. The molecule has 0 radical (unpaired) electrons.